The molecule has 0 radical (unpaired) electrons. The molecular formula is C18H24FN3O3. The summed E-state index contributed by atoms with van der Waals surface area (Å²) < 4.78 is 13.0. The van der Waals surface area contributed by atoms with Gasteiger partial charge in [-0.2, -0.15) is 0 Å². The number of nitrogens with zero attached hydrogens (tertiary/aromatic N) is 3. The summed E-state index contributed by atoms with van der Waals surface area (Å²) in [5, 5.41) is 9.02. The molecule has 1 aromatic carbocycles. The Labute approximate surface area is 146 Å². The van der Waals surface area contributed by atoms with Crippen molar-refractivity contribution in [1.29, 1.82) is 0 Å². The van der Waals surface area contributed by atoms with E-state index >= 15 is 0 Å². The second kappa shape index (κ2) is 7.82. The monoisotopic (exact) mass is 349 g/mol. The van der Waals surface area contributed by atoms with Gasteiger partial charge in [0.1, 0.15) is 5.82 Å². The molecule has 0 aromatic heterocycles. The second-order valence-corrected chi connectivity index (χ2v) is 6.72. The molecule has 1 N–H and O–H groups in total. The lowest BCUT2D eigenvalue weighted by Gasteiger charge is -2.36. The molecule has 7 heteroatoms. The Balaban J connectivity index is 1.41. The first-order valence-electron chi connectivity index (χ1n) is 8.76. The minimum absolute atomic E-state index is 0.123. The van der Waals surface area contributed by atoms with Crippen molar-refractivity contribution in [3.05, 3.63) is 30.1 Å². The standard InChI is InChI=1S/C18H24FN3O3/c19-15-1-3-16(4-2-15)21-9-11-22(12-10-21)17(23)6-8-20-7-5-14(13-20)18(24)25/h1-4,14H,5-13H2,(H,24,25). The molecule has 2 heterocycles. The minimum atomic E-state index is -0.745. The zero-order valence-electron chi connectivity index (χ0n) is 14.2. The maximum Gasteiger partial charge on any atom is 0.307 e. The smallest absolute Gasteiger partial charge is 0.307 e. The van der Waals surface area contributed by atoms with Gasteiger partial charge in [-0.1, -0.05) is 0 Å². The molecule has 3 rings (SSSR count). The first kappa shape index (κ1) is 17.7. The van der Waals surface area contributed by atoms with E-state index in [2.05, 4.69) is 9.80 Å². The van der Waals surface area contributed by atoms with Crippen LogP contribution < -0.4 is 4.90 Å². The fourth-order valence-electron chi connectivity index (χ4n) is 3.52. The average molecular weight is 349 g/mol. The van der Waals surface area contributed by atoms with Gasteiger partial charge in [-0.25, -0.2) is 4.39 Å². The molecule has 2 aliphatic heterocycles. The van der Waals surface area contributed by atoms with Gasteiger partial charge in [-0.15, -0.1) is 0 Å². The van der Waals surface area contributed by atoms with Gasteiger partial charge in [0.2, 0.25) is 5.91 Å². The van der Waals surface area contributed by atoms with E-state index < -0.39 is 5.97 Å². The second-order valence-electron chi connectivity index (χ2n) is 6.72. The lowest BCUT2D eigenvalue weighted by atomic mass is 10.1. The van der Waals surface area contributed by atoms with E-state index in [1.165, 1.54) is 12.1 Å². The van der Waals surface area contributed by atoms with Gasteiger partial charge in [0.05, 0.1) is 5.92 Å². The summed E-state index contributed by atoms with van der Waals surface area (Å²) in [6, 6.07) is 6.43. The summed E-state index contributed by atoms with van der Waals surface area (Å²) in [6.45, 7) is 4.72. The number of carboxylic acids is 1. The number of hydrogen-bond donors (Lipinski definition) is 1. The van der Waals surface area contributed by atoms with Gasteiger partial charge >= 0.3 is 5.97 Å². The zero-order valence-corrected chi connectivity index (χ0v) is 14.2. The van der Waals surface area contributed by atoms with E-state index in [0.29, 0.717) is 39.0 Å². The summed E-state index contributed by atoms with van der Waals surface area (Å²) in [7, 11) is 0. The number of carboxylic acid groups (broad SMARTS) is 1. The van der Waals surface area contributed by atoms with E-state index in [-0.39, 0.29) is 17.6 Å². The highest BCUT2D eigenvalue weighted by Crippen LogP contribution is 2.18. The van der Waals surface area contributed by atoms with Crippen LogP contribution in [-0.4, -0.2) is 72.6 Å². The van der Waals surface area contributed by atoms with Crippen molar-refractivity contribution in [1.82, 2.24) is 9.80 Å². The van der Waals surface area contributed by atoms with Gasteiger partial charge in [-0.05, 0) is 37.2 Å². The number of aliphatic carboxylic acids is 1. The van der Waals surface area contributed by atoms with Crippen molar-refractivity contribution < 1.29 is 19.1 Å². The molecular weight excluding hydrogens is 325 g/mol. The van der Waals surface area contributed by atoms with Gasteiger partial charge in [0, 0.05) is 51.4 Å². The van der Waals surface area contributed by atoms with Gasteiger partial charge in [0.15, 0.2) is 0 Å². The largest absolute Gasteiger partial charge is 0.481 e. The van der Waals surface area contributed by atoms with E-state index in [1.807, 2.05) is 4.90 Å². The number of halogens is 1. The Hall–Kier alpha value is -2.15. The van der Waals surface area contributed by atoms with Crippen molar-refractivity contribution in [2.45, 2.75) is 12.8 Å². The van der Waals surface area contributed by atoms with Crippen LogP contribution in [0.5, 0.6) is 0 Å². The first-order chi connectivity index (χ1) is 12.0. The van der Waals surface area contributed by atoms with Crippen molar-refractivity contribution in [2.24, 2.45) is 5.92 Å². The van der Waals surface area contributed by atoms with Crippen LogP contribution >= 0.6 is 0 Å². The first-order valence-corrected chi connectivity index (χ1v) is 8.76. The van der Waals surface area contributed by atoms with E-state index in [4.69, 9.17) is 5.11 Å². The third kappa shape index (κ3) is 4.48. The number of benzene rings is 1. The molecule has 136 valence electrons. The van der Waals surface area contributed by atoms with Crippen LogP contribution in [0.15, 0.2) is 24.3 Å². The Bertz CT molecular complexity index is 614. The van der Waals surface area contributed by atoms with Crippen molar-refractivity contribution >= 4 is 17.6 Å². The molecule has 25 heavy (non-hydrogen) atoms. The Kier molecular flexibility index (Phi) is 5.53. The molecule has 0 spiro atoms. The van der Waals surface area contributed by atoms with Crippen molar-refractivity contribution in [2.75, 3.05) is 50.7 Å². The average Bonchev–Trinajstić information content (AvgIpc) is 3.10. The quantitative estimate of drug-likeness (QED) is 0.867. The topological polar surface area (TPSA) is 64.1 Å². The Morgan fingerprint density at radius 2 is 1.76 bits per heavy atom. The SMILES string of the molecule is O=C(O)C1CCN(CCC(=O)N2CCN(c3ccc(F)cc3)CC2)C1. The van der Waals surface area contributed by atoms with Crippen LogP contribution in [0.1, 0.15) is 12.8 Å². The van der Waals surface area contributed by atoms with Crippen molar-refractivity contribution in [3.63, 3.8) is 0 Å². The summed E-state index contributed by atoms with van der Waals surface area (Å²) >= 11 is 0. The third-order valence-corrected chi connectivity index (χ3v) is 5.09. The molecule has 2 aliphatic rings. The van der Waals surface area contributed by atoms with Gasteiger partial charge < -0.3 is 19.8 Å². The van der Waals surface area contributed by atoms with Gasteiger partial charge in [-0.3, -0.25) is 9.59 Å². The predicted molar refractivity (Wildman–Crippen MR) is 92.0 cm³/mol. The molecule has 1 unspecified atom stereocenters. The van der Waals surface area contributed by atoms with Crippen LogP contribution in [0.25, 0.3) is 0 Å². The maximum atomic E-state index is 13.0. The highest BCUT2D eigenvalue weighted by Gasteiger charge is 2.28. The predicted octanol–water partition coefficient (Wildman–Crippen LogP) is 1.27. The lowest BCUT2D eigenvalue weighted by molar-refractivity contribution is -0.141. The fraction of sp³-hybridized carbons (Fsp3) is 0.556. The number of anilines is 1. The summed E-state index contributed by atoms with van der Waals surface area (Å²) in [5.41, 5.74) is 0.977. The fourth-order valence-corrected chi connectivity index (χ4v) is 3.52. The van der Waals surface area contributed by atoms with E-state index in [1.54, 1.807) is 12.1 Å². The number of hydrogen-bond acceptors (Lipinski definition) is 4. The summed E-state index contributed by atoms with van der Waals surface area (Å²) in [4.78, 5) is 29.4. The number of amides is 1. The zero-order chi connectivity index (χ0) is 17.8. The minimum Gasteiger partial charge on any atom is -0.481 e. The van der Waals surface area contributed by atoms with Crippen LogP contribution in [0.2, 0.25) is 0 Å². The summed E-state index contributed by atoms with van der Waals surface area (Å²) in [5.74, 6) is -1.16. The number of carbonyl (C=O) groups excluding carboxylic acids is 1. The molecule has 1 aromatic rings. The number of likely N-dealkylation sites (tertiary alicyclic amines) is 1. The molecule has 0 aliphatic carbocycles. The van der Waals surface area contributed by atoms with Crippen LogP contribution in [0, 0.1) is 11.7 Å². The van der Waals surface area contributed by atoms with Crippen LogP contribution in [0.3, 0.4) is 0 Å². The lowest BCUT2D eigenvalue weighted by Crippen LogP contribution is -2.49. The Morgan fingerprint density at radius 3 is 2.36 bits per heavy atom. The van der Waals surface area contributed by atoms with Crippen LogP contribution in [-0.2, 0) is 9.59 Å². The van der Waals surface area contributed by atoms with Gasteiger partial charge in [0.25, 0.3) is 0 Å². The molecule has 1 amide bonds. The highest BCUT2D eigenvalue weighted by atomic mass is 19.1. The van der Waals surface area contributed by atoms with Crippen molar-refractivity contribution in [3.8, 4) is 0 Å². The number of rotatable bonds is 5. The number of piperazine rings is 1. The number of carbonyl (C=O) groups is 2. The third-order valence-electron chi connectivity index (χ3n) is 5.09. The van der Waals surface area contributed by atoms with E-state index in [0.717, 1.165) is 25.3 Å². The van der Waals surface area contributed by atoms with Crippen LogP contribution in [0.4, 0.5) is 10.1 Å². The molecule has 2 saturated heterocycles. The normalized spacial score (nSPS) is 21.6. The molecule has 0 bridgehead atoms. The maximum absolute atomic E-state index is 13.0. The molecule has 1 atom stereocenters. The summed E-state index contributed by atoms with van der Waals surface area (Å²) in [6.07, 6.45) is 1.10. The highest BCUT2D eigenvalue weighted by molar-refractivity contribution is 5.76. The molecule has 0 saturated carbocycles. The molecule has 2 fully saturated rings. The molecule has 6 nitrogen and oxygen atoms in total. The Morgan fingerprint density at radius 1 is 1.08 bits per heavy atom. The van der Waals surface area contributed by atoms with E-state index in [9.17, 15) is 14.0 Å².